The molecule has 0 aliphatic heterocycles. The first-order chi connectivity index (χ1) is 12.8. The lowest BCUT2D eigenvalue weighted by Gasteiger charge is -2.12. The van der Waals surface area contributed by atoms with Gasteiger partial charge in [-0.1, -0.05) is 18.2 Å². The summed E-state index contributed by atoms with van der Waals surface area (Å²) >= 11 is 4.10. The van der Waals surface area contributed by atoms with Crippen molar-refractivity contribution >= 4 is 63.2 Å². The van der Waals surface area contributed by atoms with Crippen LogP contribution in [0, 0.1) is 24.3 Å². The highest BCUT2D eigenvalue weighted by molar-refractivity contribution is 14.1. The summed E-state index contributed by atoms with van der Waals surface area (Å²) in [5.41, 5.74) is 5.62. The van der Waals surface area contributed by atoms with Crippen LogP contribution in [0.1, 0.15) is 11.1 Å². The highest BCUT2D eigenvalue weighted by Crippen LogP contribution is 2.30. The summed E-state index contributed by atoms with van der Waals surface area (Å²) in [6, 6.07) is 10.4. The Morgan fingerprint density at radius 3 is 2.44 bits per heavy atom. The van der Waals surface area contributed by atoms with Crippen LogP contribution in [0.4, 0.5) is 9.18 Å². The van der Waals surface area contributed by atoms with Gasteiger partial charge in [0.05, 0.1) is 7.14 Å². The van der Waals surface area contributed by atoms with Gasteiger partial charge in [-0.3, -0.25) is 10.1 Å². The number of hydrogen-bond donors (Lipinski definition) is 2. The number of amides is 3. The molecule has 2 aromatic carbocycles. The third-order valence-corrected chi connectivity index (χ3v) is 4.87. The first kappa shape index (κ1) is 21.1. The molecule has 2 aromatic rings. The Bertz CT molecular complexity index is 948. The second-order valence-corrected chi connectivity index (χ2v) is 7.51. The van der Waals surface area contributed by atoms with E-state index in [1.54, 1.807) is 36.4 Å². The maximum absolute atomic E-state index is 13.7. The minimum Gasteiger partial charge on any atom is -0.487 e. The van der Waals surface area contributed by atoms with Gasteiger partial charge in [-0.2, -0.15) is 5.26 Å². The Labute approximate surface area is 181 Å². The van der Waals surface area contributed by atoms with Crippen molar-refractivity contribution in [3.8, 4) is 11.8 Å². The lowest BCUT2D eigenvalue weighted by atomic mass is 10.1. The van der Waals surface area contributed by atoms with Crippen LogP contribution in [0.25, 0.3) is 6.08 Å². The Hall–Kier alpha value is -2.20. The van der Waals surface area contributed by atoms with Crippen molar-refractivity contribution in [2.45, 2.75) is 6.61 Å². The number of imide groups is 1. The predicted molar refractivity (Wildman–Crippen MR) is 114 cm³/mol. The molecule has 6 nitrogen and oxygen atoms in total. The Morgan fingerprint density at radius 1 is 1.26 bits per heavy atom. The van der Waals surface area contributed by atoms with E-state index in [4.69, 9.17) is 15.7 Å². The van der Waals surface area contributed by atoms with E-state index in [2.05, 4.69) is 0 Å². The molecule has 27 heavy (non-hydrogen) atoms. The van der Waals surface area contributed by atoms with Crippen LogP contribution in [0.15, 0.2) is 42.0 Å². The van der Waals surface area contributed by atoms with Crippen molar-refractivity contribution in [1.82, 2.24) is 5.32 Å². The van der Waals surface area contributed by atoms with Crippen LogP contribution in [0.3, 0.4) is 0 Å². The molecule has 3 N–H and O–H groups in total. The second kappa shape index (κ2) is 9.65. The number of primary amides is 1. The van der Waals surface area contributed by atoms with Crippen molar-refractivity contribution < 1.29 is 18.7 Å². The Balaban J connectivity index is 2.24. The third-order valence-electron chi connectivity index (χ3n) is 3.26. The number of carbonyl (C=O) groups is 2. The Kier molecular flexibility index (Phi) is 7.55. The van der Waals surface area contributed by atoms with E-state index in [9.17, 15) is 14.0 Å². The van der Waals surface area contributed by atoms with Gasteiger partial charge in [-0.05, 0) is 75.0 Å². The number of nitrogens with zero attached hydrogens (tertiary/aromatic N) is 1. The fourth-order valence-corrected chi connectivity index (χ4v) is 4.19. The normalized spacial score (nSPS) is 10.8. The highest BCUT2D eigenvalue weighted by Gasteiger charge is 2.14. The van der Waals surface area contributed by atoms with Crippen LogP contribution < -0.4 is 15.8 Å². The summed E-state index contributed by atoms with van der Waals surface area (Å²) in [5, 5.41) is 10.9. The fourth-order valence-electron chi connectivity index (χ4n) is 2.06. The maximum atomic E-state index is 13.7. The second-order valence-electron chi connectivity index (χ2n) is 5.18. The molecule has 0 radical (unpaired) electrons. The van der Waals surface area contributed by atoms with Gasteiger partial charge in [0.25, 0.3) is 5.91 Å². The largest absolute Gasteiger partial charge is 0.487 e. The number of hydrogen-bond acceptors (Lipinski definition) is 4. The van der Waals surface area contributed by atoms with Crippen molar-refractivity contribution in [2.24, 2.45) is 5.73 Å². The van der Waals surface area contributed by atoms with Gasteiger partial charge in [-0.25, -0.2) is 9.18 Å². The van der Waals surface area contributed by atoms with Crippen LogP contribution in [0.5, 0.6) is 5.75 Å². The van der Waals surface area contributed by atoms with E-state index in [-0.39, 0.29) is 18.0 Å². The molecule has 3 amide bonds. The van der Waals surface area contributed by atoms with E-state index < -0.39 is 11.9 Å². The van der Waals surface area contributed by atoms with E-state index >= 15 is 0 Å². The Morgan fingerprint density at radius 2 is 1.89 bits per heavy atom. The molecule has 2 rings (SSSR count). The molecule has 0 unspecified atom stereocenters. The number of nitriles is 1. The number of ether oxygens (including phenoxy) is 1. The minimum atomic E-state index is -1.04. The monoisotopic (exact) mass is 591 g/mol. The first-order valence-corrected chi connectivity index (χ1v) is 9.55. The summed E-state index contributed by atoms with van der Waals surface area (Å²) in [4.78, 5) is 22.5. The van der Waals surface area contributed by atoms with Gasteiger partial charge in [0.1, 0.15) is 29.8 Å². The minimum absolute atomic E-state index is 0.0678. The van der Waals surface area contributed by atoms with E-state index in [1.165, 1.54) is 12.1 Å². The zero-order valence-corrected chi connectivity index (χ0v) is 17.9. The zero-order chi connectivity index (χ0) is 20.0. The summed E-state index contributed by atoms with van der Waals surface area (Å²) in [6.45, 7) is 0.0678. The number of nitrogens with two attached hydrogens (primary N) is 1. The van der Waals surface area contributed by atoms with Gasteiger partial charge < -0.3 is 10.5 Å². The molecule has 9 heteroatoms. The average molecular weight is 591 g/mol. The molecule has 0 aliphatic carbocycles. The van der Waals surface area contributed by atoms with Crippen LogP contribution >= 0.6 is 45.2 Å². The predicted octanol–water partition coefficient (Wildman–Crippen LogP) is 3.72. The molecule has 0 atom stereocenters. The van der Waals surface area contributed by atoms with Crippen molar-refractivity contribution in [3.05, 3.63) is 66.1 Å². The fraction of sp³-hybridized carbons (Fsp3) is 0.0556. The lowest BCUT2D eigenvalue weighted by Crippen LogP contribution is -2.35. The van der Waals surface area contributed by atoms with E-state index in [1.807, 2.05) is 50.5 Å². The molecule has 0 aromatic heterocycles. The smallest absolute Gasteiger partial charge is 0.319 e. The van der Waals surface area contributed by atoms with Gasteiger partial charge in [0.2, 0.25) is 0 Å². The number of halogens is 3. The number of carbonyl (C=O) groups excluding carboxylic acids is 2. The van der Waals surface area contributed by atoms with Crippen molar-refractivity contribution in [2.75, 3.05) is 0 Å². The number of benzene rings is 2. The molecule has 0 saturated carbocycles. The quantitative estimate of drug-likeness (QED) is 0.315. The van der Waals surface area contributed by atoms with E-state index in [0.29, 0.717) is 16.9 Å². The van der Waals surface area contributed by atoms with Crippen LogP contribution in [-0.2, 0) is 11.4 Å². The standard InChI is InChI=1S/C18H12FI2N3O3/c19-13-4-2-1-3-11(13)9-27-16-14(20)6-10(7-15(16)21)5-12(8-22)17(25)24-18(23)26/h1-7H,9H2,(H3,23,24,25,26)/b12-5-. The van der Waals surface area contributed by atoms with Crippen molar-refractivity contribution in [1.29, 1.82) is 5.26 Å². The molecule has 0 fully saturated rings. The molecule has 0 bridgehead atoms. The topological polar surface area (TPSA) is 105 Å². The first-order valence-electron chi connectivity index (χ1n) is 7.39. The summed E-state index contributed by atoms with van der Waals surface area (Å²) in [5.74, 6) is -0.659. The molecule has 0 spiro atoms. The zero-order valence-electron chi connectivity index (χ0n) is 13.6. The SMILES string of the molecule is N#C/C(=C/c1cc(I)c(OCc2ccccc2F)c(I)c1)C(=O)NC(N)=O. The number of rotatable bonds is 5. The molecular formula is C18H12FI2N3O3. The van der Waals surface area contributed by atoms with Crippen LogP contribution in [-0.4, -0.2) is 11.9 Å². The third kappa shape index (κ3) is 5.90. The number of urea groups is 1. The van der Waals surface area contributed by atoms with E-state index in [0.717, 1.165) is 7.14 Å². The average Bonchev–Trinajstić information content (AvgIpc) is 2.59. The lowest BCUT2D eigenvalue weighted by molar-refractivity contribution is -0.115. The molecule has 0 saturated heterocycles. The summed E-state index contributed by atoms with van der Waals surface area (Å²) in [7, 11) is 0. The molecule has 138 valence electrons. The molecule has 0 aliphatic rings. The molecule has 0 heterocycles. The maximum Gasteiger partial charge on any atom is 0.319 e. The summed E-state index contributed by atoms with van der Waals surface area (Å²) < 4.78 is 20.9. The van der Waals surface area contributed by atoms with Gasteiger partial charge >= 0.3 is 6.03 Å². The van der Waals surface area contributed by atoms with Gasteiger partial charge in [-0.15, -0.1) is 0 Å². The van der Waals surface area contributed by atoms with Gasteiger partial charge in [0.15, 0.2) is 0 Å². The number of nitrogens with one attached hydrogen (secondary N) is 1. The van der Waals surface area contributed by atoms with Crippen LogP contribution in [0.2, 0.25) is 0 Å². The van der Waals surface area contributed by atoms with Crippen molar-refractivity contribution in [3.63, 3.8) is 0 Å². The molecular weight excluding hydrogens is 579 g/mol. The van der Waals surface area contributed by atoms with Gasteiger partial charge in [0, 0.05) is 5.56 Å². The highest BCUT2D eigenvalue weighted by atomic mass is 127. The summed E-state index contributed by atoms with van der Waals surface area (Å²) in [6.07, 6.45) is 1.34.